The molecule has 3 rings (SSSR count). The van der Waals surface area contributed by atoms with Gasteiger partial charge >= 0.3 is 6.09 Å². The Balaban J connectivity index is 1.51. The second-order valence-corrected chi connectivity index (χ2v) is 8.13. The van der Waals surface area contributed by atoms with E-state index in [-0.39, 0.29) is 24.1 Å². The largest absolute Gasteiger partial charge is 0.436 e. The monoisotopic (exact) mass is 409 g/mol. The van der Waals surface area contributed by atoms with Gasteiger partial charge in [0, 0.05) is 30.8 Å². The molecule has 3 N–H and O–H groups in total. The predicted octanol–water partition coefficient (Wildman–Crippen LogP) is 3.85. The van der Waals surface area contributed by atoms with Crippen molar-refractivity contribution in [3.8, 4) is 11.1 Å². The number of nitrogens with one attached hydrogen (secondary N) is 1. The Bertz CT molecular complexity index is 851. The number of fused-ring (bicyclic) bond motifs is 3. The molecule has 0 saturated carbocycles. The van der Waals surface area contributed by atoms with Crippen LogP contribution in [-0.4, -0.2) is 42.6 Å². The molecule has 0 bridgehead atoms. The number of nitrogens with two attached hydrogens (primary N) is 1. The number of carbonyl (C=O) groups excluding carboxylic acids is 2. The maximum Gasteiger partial charge on any atom is 0.410 e. The molecule has 1 aliphatic carbocycles. The predicted molar refractivity (Wildman–Crippen MR) is 118 cm³/mol. The number of nitrogens with zero attached hydrogens (tertiary/aromatic N) is 1. The van der Waals surface area contributed by atoms with Crippen LogP contribution in [0.2, 0.25) is 0 Å². The van der Waals surface area contributed by atoms with Crippen molar-refractivity contribution in [2.45, 2.75) is 51.3 Å². The van der Waals surface area contributed by atoms with E-state index in [1.54, 1.807) is 11.9 Å². The minimum absolute atomic E-state index is 0.0790. The lowest BCUT2D eigenvalue weighted by Crippen LogP contribution is -2.43. The molecule has 0 aliphatic heterocycles. The summed E-state index contributed by atoms with van der Waals surface area (Å²) in [6.07, 6.45) is 1.37. The lowest BCUT2D eigenvalue weighted by molar-refractivity contribution is -0.123. The first-order valence-corrected chi connectivity index (χ1v) is 10.5. The molecule has 0 saturated heterocycles. The molecule has 30 heavy (non-hydrogen) atoms. The van der Waals surface area contributed by atoms with Crippen molar-refractivity contribution in [2.75, 3.05) is 13.6 Å². The summed E-state index contributed by atoms with van der Waals surface area (Å²) in [5.74, 6) is -0.128. The van der Waals surface area contributed by atoms with Crippen LogP contribution in [0.3, 0.4) is 0 Å². The molecule has 0 spiro atoms. The summed E-state index contributed by atoms with van der Waals surface area (Å²) in [5, 5.41) is 2.82. The summed E-state index contributed by atoms with van der Waals surface area (Å²) in [5.41, 5.74) is 10.2. The van der Waals surface area contributed by atoms with Crippen LogP contribution < -0.4 is 11.1 Å². The fraction of sp³-hybridized carbons (Fsp3) is 0.417. The second-order valence-electron chi connectivity index (χ2n) is 8.13. The van der Waals surface area contributed by atoms with Crippen LogP contribution in [0.15, 0.2) is 48.5 Å². The van der Waals surface area contributed by atoms with Crippen LogP contribution in [0.5, 0.6) is 0 Å². The molecule has 0 radical (unpaired) electrons. The van der Waals surface area contributed by atoms with Crippen LogP contribution in [0, 0.1) is 0 Å². The van der Waals surface area contributed by atoms with Crippen LogP contribution >= 0.6 is 0 Å². The molecule has 6 nitrogen and oxygen atoms in total. The van der Waals surface area contributed by atoms with Crippen molar-refractivity contribution < 1.29 is 14.3 Å². The van der Waals surface area contributed by atoms with Gasteiger partial charge < -0.3 is 20.7 Å². The maximum atomic E-state index is 12.7. The van der Waals surface area contributed by atoms with E-state index in [0.717, 1.165) is 35.1 Å². The molecular weight excluding hydrogens is 378 g/mol. The quantitative estimate of drug-likeness (QED) is 0.649. The zero-order valence-corrected chi connectivity index (χ0v) is 17.9. The number of hydrogen-bond donors (Lipinski definition) is 2. The zero-order chi connectivity index (χ0) is 21.7. The third-order valence-electron chi connectivity index (χ3n) is 5.33. The van der Waals surface area contributed by atoms with E-state index in [2.05, 4.69) is 17.4 Å². The molecule has 1 atom stereocenters. The van der Waals surface area contributed by atoms with Gasteiger partial charge in [0.15, 0.2) is 6.10 Å². The van der Waals surface area contributed by atoms with Gasteiger partial charge in [-0.3, -0.25) is 4.79 Å². The van der Waals surface area contributed by atoms with E-state index >= 15 is 0 Å². The van der Waals surface area contributed by atoms with Crippen LogP contribution in [0.1, 0.15) is 50.3 Å². The standard InChI is InChI=1S/C24H31N3O3/c1-16(2)26-23(28)21(25)14-8-9-15-27(3)24(29)30-22-19-12-6-4-10-17(19)18-11-5-7-13-20(18)22/h4-7,10-13,16,21-22H,8-9,14-15,25H2,1-3H3,(H,26,28)/t21-/m0/s1. The summed E-state index contributed by atoms with van der Waals surface area (Å²) in [7, 11) is 1.74. The first kappa shape index (κ1) is 21.8. The Morgan fingerprint density at radius 1 is 1.03 bits per heavy atom. The molecule has 2 aromatic rings. The number of unbranched alkanes of at least 4 members (excludes halogenated alkanes) is 1. The third-order valence-corrected chi connectivity index (χ3v) is 5.33. The second kappa shape index (κ2) is 9.76. The minimum Gasteiger partial charge on any atom is -0.436 e. The number of rotatable bonds is 8. The molecule has 2 amide bonds. The summed E-state index contributed by atoms with van der Waals surface area (Å²) >= 11 is 0. The van der Waals surface area contributed by atoms with Crippen molar-refractivity contribution in [1.29, 1.82) is 0 Å². The van der Waals surface area contributed by atoms with Gasteiger partial charge in [0.2, 0.25) is 5.91 Å². The Labute approximate surface area is 178 Å². The summed E-state index contributed by atoms with van der Waals surface area (Å²) < 4.78 is 5.88. The molecule has 6 heteroatoms. The summed E-state index contributed by atoms with van der Waals surface area (Å²) in [6, 6.07) is 15.6. The highest BCUT2D eigenvalue weighted by Gasteiger charge is 2.31. The van der Waals surface area contributed by atoms with Gasteiger partial charge in [0.1, 0.15) is 0 Å². The van der Waals surface area contributed by atoms with E-state index in [9.17, 15) is 9.59 Å². The van der Waals surface area contributed by atoms with Gasteiger partial charge in [0.05, 0.1) is 6.04 Å². The van der Waals surface area contributed by atoms with E-state index in [0.29, 0.717) is 13.0 Å². The zero-order valence-electron chi connectivity index (χ0n) is 17.9. The van der Waals surface area contributed by atoms with E-state index in [4.69, 9.17) is 10.5 Å². The number of amides is 2. The third kappa shape index (κ3) is 5.00. The van der Waals surface area contributed by atoms with E-state index in [1.807, 2.05) is 50.2 Å². The minimum atomic E-state index is -0.517. The van der Waals surface area contributed by atoms with Crippen LogP contribution in [-0.2, 0) is 9.53 Å². The van der Waals surface area contributed by atoms with Gasteiger partial charge in [0.25, 0.3) is 0 Å². The fourth-order valence-corrected chi connectivity index (χ4v) is 3.75. The van der Waals surface area contributed by atoms with Gasteiger partial charge in [-0.05, 0) is 44.2 Å². The summed E-state index contributed by atoms with van der Waals surface area (Å²) in [4.78, 5) is 26.1. The Hall–Kier alpha value is -2.86. The molecule has 1 aliphatic rings. The topological polar surface area (TPSA) is 84.7 Å². The van der Waals surface area contributed by atoms with Gasteiger partial charge in [-0.15, -0.1) is 0 Å². The smallest absolute Gasteiger partial charge is 0.410 e. The first-order chi connectivity index (χ1) is 14.4. The van der Waals surface area contributed by atoms with Crippen molar-refractivity contribution in [3.05, 3.63) is 59.7 Å². The van der Waals surface area contributed by atoms with Gasteiger partial charge in [-0.2, -0.15) is 0 Å². The lowest BCUT2D eigenvalue weighted by Gasteiger charge is -2.21. The van der Waals surface area contributed by atoms with E-state index < -0.39 is 6.04 Å². The van der Waals surface area contributed by atoms with Gasteiger partial charge in [-0.1, -0.05) is 48.5 Å². The van der Waals surface area contributed by atoms with E-state index in [1.165, 1.54) is 0 Å². The fourth-order valence-electron chi connectivity index (χ4n) is 3.75. The number of ether oxygens (including phenoxy) is 1. The van der Waals surface area contributed by atoms with Gasteiger partial charge in [-0.25, -0.2) is 4.79 Å². The highest BCUT2D eigenvalue weighted by molar-refractivity contribution is 5.81. The average molecular weight is 410 g/mol. The van der Waals surface area contributed by atoms with Crippen molar-refractivity contribution in [1.82, 2.24) is 10.2 Å². The molecule has 0 fully saturated rings. The molecule has 160 valence electrons. The van der Waals surface area contributed by atoms with Crippen LogP contribution in [0.4, 0.5) is 4.79 Å². The SMILES string of the molecule is CC(C)NC(=O)[C@@H](N)CCCCN(C)C(=O)OC1c2ccccc2-c2ccccc21. The first-order valence-electron chi connectivity index (χ1n) is 10.5. The number of benzene rings is 2. The highest BCUT2D eigenvalue weighted by Crippen LogP contribution is 2.45. The molecular formula is C24H31N3O3. The average Bonchev–Trinajstić information content (AvgIpc) is 3.04. The number of hydrogen-bond acceptors (Lipinski definition) is 4. The Morgan fingerprint density at radius 2 is 1.60 bits per heavy atom. The maximum absolute atomic E-state index is 12.7. The Morgan fingerprint density at radius 3 is 2.17 bits per heavy atom. The van der Waals surface area contributed by atoms with Crippen LogP contribution in [0.25, 0.3) is 11.1 Å². The summed E-state index contributed by atoms with van der Waals surface area (Å²) in [6.45, 7) is 4.37. The molecule has 0 heterocycles. The van der Waals surface area contributed by atoms with Crippen molar-refractivity contribution in [2.24, 2.45) is 5.73 Å². The number of carbonyl (C=O) groups is 2. The van der Waals surface area contributed by atoms with Crippen molar-refractivity contribution >= 4 is 12.0 Å². The lowest BCUT2D eigenvalue weighted by atomic mass is 10.1. The molecule has 0 unspecified atom stereocenters. The van der Waals surface area contributed by atoms with Crippen molar-refractivity contribution in [3.63, 3.8) is 0 Å². The molecule has 0 aromatic heterocycles. The normalized spacial score (nSPS) is 13.5. The molecule has 2 aromatic carbocycles. The Kier molecular flexibility index (Phi) is 7.11. The highest BCUT2D eigenvalue weighted by atomic mass is 16.6.